The van der Waals surface area contributed by atoms with Crippen molar-refractivity contribution >= 4 is 22.6 Å². The molecule has 3 aromatic rings. The summed E-state index contributed by atoms with van der Waals surface area (Å²) in [5.74, 6) is -0.237. The Kier molecular flexibility index (Phi) is 2.85. The molecule has 0 amide bonds. The van der Waals surface area contributed by atoms with Crippen molar-refractivity contribution in [2.24, 2.45) is 11.8 Å². The number of H-pyrrole nitrogens is 1. The van der Waals surface area contributed by atoms with E-state index in [1.54, 1.807) is 18.5 Å². The number of rotatable bonds is 1. The number of Topliss-reactive ketones (excluding diaryl/α,β-unsaturated/α-hetero) is 2. The molecule has 1 N–H and O–H groups in total. The molecular weight excluding hydrogens is 314 g/mol. The Morgan fingerprint density at radius 2 is 1.60 bits per heavy atom. The summed E-state index contributed by atoms with van der Waals surface area (Å²) >= 11 is 0. The van der Waals surface area contributed by atoms with Gasteiger partial charge in [-0.15, -0.1) is 0 Å². The first kappa shape index (κ1) is 14.0. The van der Waals surface area contributed by atoms with Gasteiger partial charge in [-0.05, 0) is 24.3 Å². The number of benzene rings is 1. The number of ketones is 2. The molecule has 0 saturated heterocycles. The maximum absolute atomic E-state index is 13.1. The smallest absolute Gasteiger partial charge is 0.173 e. The Bertz CT molecular complexity index is 1090. The van der Waals surface area contributed by atoms with E-state index in [1.807, 2.05) is 42.5 Å². The van der Waals surface area contributed by atoms with E-state index in [0.29, 0.717) is 22.5 Å². The number of allylic oxidation sites excluding steroid dienone is 4. The van der Waals surface area contributed by atoms with Crippen LogP contribution in [0.15, 0.2) is 61.0 Å². The summed E-state index contributed by atoms with van der Waals surface area (Å²) < 4.78 is 0. The lowest BCUT2D eigenvalue weighted by Gasteiger charge is -2.28. The average molecular weight is 327 g/mol. The van der Waals surface area contributed by atoms with E-state index in [9.17, 15) is 9.59 Å². The van der Waals surface area contributed by atoms with Gasteiger partial charge in [0.05, 0.1) is 22.9 Å². The zero-order chi connectivity index (χ0) is 17.0. The van der Waals surface area contributed by atoms with E-state index >= 15 is 0 Å². The zero-order valence-corrected chi connectivity index (χ0v) is 13.1. The normalized spacial score (nSPS) is 21.4. The average Bonchev–Trinajstić information content (AvgIpc) is 3.10. The van der Waals surface area contributed by atoms with Crippen molar-refractivity contribution in [3.63, 3.8) is 0 Å². The maximum Gasteiger partial charge on any atom is 0.173 e. The first-order valence-electron chi connectivity index (χ1n) is 8.10. The number of imidazole rings is 1. The maximum atomic E-state index is 13.1. The molecule has 2 heterocycles. The minimum atomic E-state index is -0.434. The molecule has 5 nitrogen and oxygen atoms in total. The fourth-order valence-electron chi connectivity index (χ4n) is 3.63. The van der Waals surface area contributed by atoms with Crippen LogP contribution in [0.4, 0.5) is 0 Å². The van der Waals surface area contributed by atoms with Crippen LogP contribution >= 0.6 is 0 Å². The first-order valence-corrected chi connectivity index (χ1v) is 8.10. The molecule has 2 aromatic heterocycles. The predicted octanol–water partition coefficient (Wildman–Crippen LogP) is 3.36. The molecule has 0 aliphatic heterocycles. The minimum Gasteiger partial charge on any atom is -0.338 e. The Balaban J connectivity index is 1.75. The lowest BCUT2D eigenvalue weighted by Crippen LogP contribution is -2.35. The number of nitrogens with one attached hydrogen (secondary N) is 1. The van der Waals surface area contributed by atoms with Gasteiger partial charge in [0, 0.05) is 23.5 Å². The number of carbonyl (C=O) groups is 2. The topological polar surface area (TPSA) is 75.7 Å². The van der Waals surface area contributed by atoms with E-state index in [4.69, 9.17) is 0 Å². The standard InChI is InChI=1S/C20H13N3O2/c24-18-12-3-1-2-4-13(12)19(25)16-14(18)5-6-15-17(16)23-20(22-15)11-7-9-21-10-8-11/h1-10,12-13H,(H,22,23)/t12-,13-/m0/s1. The summed E-state index contributed by atoms with van der Waals surface area (Å²) in [6.45, 7) is 0. The number of aromatic nitrogens is 3. The monoisotopic (exact) mass is 327 g/mol. The van der Waals surface area contributed by atoms with Gasteiger partial charge in [-0.1, -0.05) is 24.3 Å². The summed E-state index contributed by atoms with van der Waals surface area (Å²) in [5, 5.41) is 0. The second-order valence-corrected chi connectivity index (χ2v) is 6.26. The summed E-state index contributed by atoms with van der Waals surface area (Å²) in [7, 11) is 0. The molecule has 0 saturated carbocycles. The fraction of sp³-hybridized carbons (Fsp3) is 0.100. The molecule has 2 aliphatic carbocycles. The Morgan fingerprint density at radius 3 is 2.36 bits per heavy atom. The first-order chi connectivity index (χ1) is 12.2. The van der Waals surface area contributed by atoms with Crippen LogP contribution in [0.25, 0.3) is 22.4 Å². The molecule has 2 atom stereocenters. The number of hydrogen-bond donors (Lipinski definition) is 1. The van der Waals surface area contributed by atoms with Crippen LogP contribution in [-0.4, -0.2) is 26.5 Å². The van der Waals surface area contributed by atoms with Gasteiger partial charge in [0.15, 0.2) is 11.6 Å². The number of pyridine rings is 1. The molecule has 5 heteroatoms. The van der Waals surface area contributed by atoms with E-state index in [-0.39, 0.29) is 11.6 Å². The number of hydrogen-bond acceptors (Lipinski definition) is 4. The van der Waals surface area contributed by atoms with Crippen LogP contribution < -0.4 is 0 Å². The highest BCUT2D eigenvalue weighted by molar-refractivity contribution is 6.22. The van der Waals surface area contributed by atoms with Gasteiger partial charge >= 0.3 is 0 Å². The molecule has 25 heavy (non-hydrogen) atoms. The SMILES string of the molecule is O=C1c2ccc3[nH]c(-c4ccncc4)nc3c2C(=O)[C@H]2C=CC=C[C@H]12. The third kappa shape index (κ3) is 1.96. The van der Waals surface area contributed by atoms with E-state index in [1.165, 1.54) is 0 Å². The van der Waals surface area contributed by atoms with Gasteiger partial charge < -0.3 is 4.98 Å². The summed E-state index contributed by atoms with van der Waals surface area (Å²) in [6, 6.07) is 7.25. The minimum absolute atomic E-state index is 0.0180. The molecule has 1 aromatic carbocycles. The molecule has 0 fully saturated rings. The Hall–Kier alpha value is -3.34. The second-order valence-electron chi connectivity index (χ2n) is 6.26. The highest BCUT2D eigenvalue weighted by atomic mass is 16.1. The number of carbonyl (C=O) groups excluding carboxylic acids is 2. The Morgan fingerprint density at radius 1 is 0.880 bits per heavy atom. The number of fused-ring (bicyclic) bond motifs is 4. The molecule has 2 aliphatic rings. The van der Waals surface area contributed by atoms with Crippen molar-refractivity contribution in [3.8, 4) is 11.4 Å². The third-order valence-corrected chi connectivity index (χ3v) is 4.86. The van der Waals surface area contributed by atoms with Crippen molar-refractivity contribution < 1.29 is 9.59 Å². The second kappa shape index (κ2) is 5.08. The zero-order valence-electron chi connectivity index (χ0n) is 13.1. The molecule has 0 unspecified atom stereocenters. The van der Waals surface area contributed by atoms with Crippen molar-refractivity contribution in [2.75, 3.05) is 0 Å². The van der Waals surface area contributed by atoms with Crippen LogP contribution in [0, 0.1) is 11.8 Å². The quantitative estimate of drug-likeness (QED) is 0.743. The molecule has 0 spiro atoms. The largest absolute Gasteiger partial charge is 0.338 e. The van der Waals surface area contributed by atoms with Gasteiger partial charge in [-0.25, -0.2) is 4.98 Å². The van der Waals surface area contributed by atoms with Crippen LogP contribution in [0.1, 0.15) is 20.7 Å². The van der Waals surface area contributed by atoms with Gasteiger partial charge in [-0.2, -0.15) is 0 Å². The van der Waals surface area contributed by atoms with Crippen molar-refractivity contribution in [3.05, 3.63) is 72.1 Å². The summed E-state index contributed by atoms with van der Waals surface area (Å²) in [5.41, 5.74) is 3.09. The van der Waals surface area contributed by atoms with E-state index in [2.05, 4.69) is 15.0 Å². The molecular formula is C20H13N3O2. The molecule has 0 radical (unpaired) electrons. The van der Waals surface area contributed by atoms with E-state index < -0.39 is 11.8 Å². The fourth-order valence-corrected chi connectivity index (χ4v) is 3.63. The van der Waals surface area contributed by atoms with Crippen LogP contribution in [0.3, 0.4) is 0 Å². The number of nitrogens with zero attached hydrogens (tertiary/aromatic N) is 2. The van der Waals surface area contributed by atoms with Crippen molar-refractivity contribution in [1.82, 2.24) is 15.0 Å². The van der Waals surface area contributed by atoms with Crippen molar-refractivity contribution in [1.29, 1.82) is 0 Å². The van der Waals surface area contributed by atoms with Crippen LogP contribution in [-0.2, 0) is 0 Å². The summed E-state index contributed by atoms with van der Waals surface area (Å²) in [4.78, 5) is 37.8. The van der Waals surface area contributed by atoms with Gasteiger partial charge in [0.1, 0.15) is 11.3 Å². The highest BCUT2D eigenvalue weighted by Gasteiger charge is 2.40. The third-order valence-electron chi connectivity index (χ3n) is 4.86. The molecule has 120 valence electrons. The molecule has 0 bridgehead atoms. The van der Waals surface area contributed by atoms with Gasteiger partial charge in [0.2, 0.25) is 0 Å². The Labute approximate surface area is 143 Å². The lowest BCUT2D eigenvalue weighted by atomic mass is 9.72. The van der Waals surface area contributed by atoms with Crippen LogP contribution in [0.5, 0.6) is 0 Å². The van der Waals surface area contributed by atoms with Crippen molar-refractivity contribution in [2.45, 2.75) is 0 Å². The van der Waals surface area contributed by atoms with Gasteiger partial charge in [-0.3, -0.25) is 14.6 Å². The lowest BCUT2D eigenvalue weighted by molar-refractivity contribution is 0.0803. The van der Waals surface area contributed by atoms with Gasteiger partial charge in [0.25, 0.3) is 0 Å². The molecule has 5 rings (SSSR count). The number of aromatic amines is 1. The van der Waals surface area contributed by atoms with Crippen LogP contribution in [0.2, 0.25) is 0 Å². The highest BCUT2D eigenvalue weighted by Crippen LogP contribution is 2.37. The van der Waals surface area contributed by atoms with E-state index in [0.717, 1.165) is 11.1 Å². The predicted molar refractivity (Wildman–Crippen MR) is 93.2 cm³/mol. The summed E-state index contributed by atoms with van der Waals surface area (Å²) in [6.07, 6.45) is 10.7.